The van der Waals surface area contributed by atoms with E-state index in [4.69, 9.17) is 9.47 Å². The molecule has 5 rings (SSSR count). The zero-order valence-electron chi connectivity index (χ0n) is 14.8. The van der Waals surface area contributed by atoms with E-state index in [0.717, 1.165) is 12.8 Å². The minimum atomic E-state index is -0.192. The highest BCUT2D eigenvalue weighted by molar-refractivity contribution is 5.95. The summed E-state index contributed by atoms with van der Waals surface area (Å²) < 4.78 is 10.6. The van der Waals surface area contributed by atoms with Gasteiger partial charge in [-0.25, -0.2) is 0 Å². The van der Waals surface area contributed by atoms with E-state index in [2.05, 4.69) is 17.4 Å². The van der Waals surface area contributed by atoms with Gasteiger partial charge in [-0.15, -0.1) is 0 Å². The van der Waals surface area contributed by atoms with Crippen LogP contribution in [0, 0.1) is 0 Å². The first-order valence-corrected chi connectivity index (χ1v) is 9.24. The maximum atomic E-state index is 12.6. The summed E-state index contributed by atoms with van der Waals surface area (Å²) in [6, 6.07) is 13.5. The van der Waals surface area contributed by atoms with Crippen molar-refractivity contribution >= 4 is 11.8 Å². The number of carbonyl (C=O) groups is 2. The van der Waals surface area contributed by atoms with Crippen molar-refractivity contribution in [3.05, 3.63) is 59.2 Å². The van der Waals surface area contributed by atoms with Gasteiger partial charge in [0.25, 0.3) is 5.91 Å². The first kappa shape index (κ1) is 16.2. The Morgan fingerprint density at radius 1 is 1.00 bits per heavy atom. The summed E-state index contributed by atoms with van der Waals surface area (Å²) >= 11 is 0. The van der Waals surface area contributed by atoms with Crippen LogP contribution in [0.3, 0.4) is 0 Å². The van der Waals surface area contributed by atoms with Crippen LogP contribution in [0.4, 0.5) is 0 Å². The number of benzene rings is 2. The van der Waals surface area contributed by atoms with Gasteiger partial charge in [-0.3, -0.25) is 9.59 Å². The van der Waals surface area contributed by atoms with Crippen LogP contribution in [0.2, 0.25) is 0 Å². The zero-order valence-corrected chi connectivity index (χ0v) is 14.8. The predicted molar refractivity (Wildman–Crippen MR) is 97.8 cm³/mol. The minimum Gasteiger partial charge on any atom is -0.454 e. The number of nitrogens with one attached hydrogen (secondary N) is 1. The lowest BCUT2D eigenvalue weighted by atomic mass is 10.1. The highest BCUT2D eigenvalue weighted by Gasteiger charge is 2.37. The average Bonchev–Trinajstić information content (AvgIpc) is 3.38. The second-order valence-electron chi connectivity index (χ2n) is 7.32. The molecule has 0 spiro atoms. The Kier molecular flexibility index (Phi) is 3.77. The summed E-state index contributed by atoms with van der Waals surface area (Å²) in [5.41, 5.74) is 3.16. The number of rotatable bonds is 3. The van der Waals surface area contributed by atoms with Gasteiger partial charge >= 0.3 is 0 Å². The summed E-state index contributed by atoms with van der Waals surface area (Å²) in [6.45, 7) is 0.740. The fourth-order valence-corrected chi connectivity index (χ4v) is 4.24. The molecule has 0 saturated carbocycles. The quantitative estimate of drug-likeness (QED) is 0.904. The molecule has 27 heavy (non-hydrogen) atoms. The van der Waals surface area contributed by atoms with Gasteiger partial charge in [0.2, 0.25) is 12.7 Å². The molecular weight excluding hydrogens is 344 g/mol. The molecule has 1 saturated heterocycles. The van der Waals surface area contributed by atoms with Crippen molar-refractivity contribution in [3.63, 3.8) is 0 Å². The maximum Gasteiger partial charge on any atom is 0.251 e. The smallest absolute Gasteiger partial charge is 0.251 e. The molecule has 2 amide bonds. The molecule has 1 aliphatic carbocycles. The van der Waals surface area contributed by atoms with Crippen molar-refractivity contribution < 1.29 is 19.1 Å². The van der Waals surface area contributed by atoms with Crippen LogP contribution in [0.1, 0.15) is 27.9 Å². The first-order chi connectivity index (χ1) is 13.2. The molecule has 2 aromatic carbocycles. The van der Waals surface area contributed by atoms with E-state index in [1.807, 2.05) is 17.0 Å². The third kappa shape index (κ3) is 2.91. The zero-order chi connectivity index (χ0) is 18.4. The van der Waals surface area contributed by atoms with Crippen molar-refractivity contribution in [2.75, 3.05) is 13.3 Å². The van der Waals surface area contributed by atoms with Crippen LogP contribution < -0.4 is 14.8 Å². The Hall–Kier alpha value is -3.02. The molecule has 1 N–H and O–H groups in total. The number of fused-ring (bicyclic) bond motifs is 2. The molecule has 1 fully saturated rings. The molecule has 6 nitrogen and oxygen atoms in total. The molecule has 0 bridgehead atoms. The van der Waals surface area contributed by atoms with Gasteiger partial charge in [0.15, 0.2) is 11.5 Å². The molecule has 2 aromatic rings. The Morgan fingerprint density at radius 2 is 1.74 bits per heavy atom. The number of amides is 2. The van der Waals surface area contributed by atoms with Crippen molar-refractivity contribution in [3.8, 4) is 11.5 Å². The summed E-state index contributed by atoms with van der Waals surface area (Å²) in [5.74, 6) is 1.15. The Balaban J connectivity index is 1.24. The van der Waals surface area contributed by atoms with Gasteiger partial charge in [-0.2, -0.15) is 0 Å². The second-order valence-corrected chi connectivity index (χ2v) is 7.32. The Morgan fingerprint density at radius 3 is 2.52 bits per heavy atom. The number of nitrogens with zero attached hydrogens (tertiary/aromatic N) is 1. The van der Waals surface area contributed by atoms with Gasteiger partial charge in [0, 0.05) is 24.6 Å². The van der Waals surface area contributed by atoms with E-state index in [0.29, 0.717) is 30.0 Å². The van der Waals surface area contributed by atoms with Crippen molar-refractivity contribution in [1.29, 1.82) is 0 Å². The van der Waals surface area contributed by atoms with E-state index < -0.39 is 0 Å². The number of ether oxygens (including phenoxy) is 2. The van der Waals surface area contributed by atoms with Crippen LogP contribution in [0.15, 0.2) is 42.5 Å². The molecule has 0 unspecified atom stereocenters. The maximum absolute atomic E-state index is 12.6. The van der Waals surface area contributed by atoms with Crippen molar-refractivity contribution in [2.45, 2.75) is 31.3 Å². The van der Waals surface area contributed by atoms with E-state index in [1.54, 1.807) is 18.2 Å². The normalized spacial score (nSPS) is 20.8. The van der Waals surface area contributed by atoms with Crippen molar-refractivity contribution in [1.82, 2.24) is 10.2 Å². The number of carbonyl (C=O) groups excluding carboxylic acids is 2. The van der Waals surface area contributed by atoms with E-state index in [-0.39, 0.29) is 30.7 Å². The minimum absolute atomic E-state index is 0.115. The lowest BCUT2D eigenvalue weighted by molar-refractivity contribution is -0.129. The summed E-state index contributed by atoms with van der Waals surface area (Å²) in [4.78, 5) is 27.0. The lowest BCUT2D eigenvalue weighted by Crippen LogP contribution is -2.41. The largest absolute Gasteiger partial charge is 0.454 e. The molecule has 3 aliphatic rings. The van der Waals surface area contributed by atoms with Crippen LogP contribution in [-0.4, -0.2) is 42.1 Å². The SMILES string of the molecule is O=C(N[C@H]1CC(=O)N(C2Cc3ccccc3C2)C1)c1ccc2c(c1)OCO2. The predicted octanol–water partition coefficient (Wildman–Crippen LogP) is 1.91. The highest BCUT2D eigenvalue weighted by Crippen LogP contribution is 2.33. The number of hydrogen-bond donors (Lipinski definition) is 1. The molecule has 1 atom stereocenters. The Bertz CT molecular complexity index is 901. The van der Waals surface area contributed by atoms with Crippen molar-refractivity contribution in [2.24, 2.45) is 0 Å². The topological polar surface area (TPSA) is 67.9 Å². The average molecular weight is 364 g/mol. The molecule has 6 heteroatoms. The first-order valence-electron chi connectivity index (χ1n) is 9.24. The third-order valence-electron chi connectivity index (χ3n) is 5.60. The molecule has 0 radical (unpaired) electrons. The number of likely N-dealkylation sites (tertiary alicyclic amines) is 1. The third-order valence-corrected chi connectivity index (χ3v) is 5.60. The molecular formula is C21H20N2O4. The monoisotopic (exact) mass is 364 g/mol. The summed E-state index contributed by atoms with van der Waals surface area (Å²) in [5, 5.41) is 2.99. The van der Waals surface area contributed by atoms with E-state index >= 15 is 0 Å². The van der Waals surface area contributed by atoms with Gasteiger partial charge in [0.1, 0.15) is 0 Å². The lowest BCUT2D eigenvalue weighted by Gasteiger charge is -2.24. The highest BCUT2D eigenvalue weighted by atomic mass is 16.7. The van der Waals surface area contributed by atoms with Gasteiger partial charge < -0.3 is 19.7 Å². The number of hydrogen-bond acceptors (Lipinski definition) is 4. The van der Waals surface area contributed by atoms with Gasteiger partial charge in [-0.05, 0) is 42.2 Å². The van der Waals surface area contributed by atoms with Gasteiger partial charge in [0.05, 0.1) is 6.04 Å². The van der Waals surface area contributed by atoms with E-state index in [9.17, 15) is 9.59 Å². The van der Waals surface area contributed by atoms with Crippen LogP contribution >= 0.6 is 0 Å². The van der Waals surface area contributed by atoms with Crippen LogP contribution in [0.5, 0.6) is 11.5 Å². The van der Waals surface area contributed by atoms with Crippen LogP contribution in [0.25, 0.3) is 0 Å². The van der Waals surface area contributed by atoms with Gasteiger partial charge in [-0.1, -0.05) is 24.3 Å². The molecule has 138 valence electrons. The second kappa shape index (κ2) is 6.30. The Labute approximate surface area is 157 Å². The molecule has 2 heterocycles. The van der Waals surface area contributed by atoms with E-state index in [1.165, 1.54) is 11.1 Å². The van der Waals surface area contributed by atoms with Crippen LogP contribution in [-0.2, 0) is 17.6 Å². The summed E-state index contributed by atoms with van der Waals surface area (Å²) in [6.07, 6.45) is 2.14. The molecule has 0 aromatic heterocycles. The standard InChI is InChI=1S/C21H20N2O4/c24-20-10-16(11-23(20)17-7-13-3-1-2-4-14(13)8-17)22-21(25)15-5-6-18-19(9-15)27-12-26-18/h1-6,9,16-17H,7-8,10-12H2,(H,22,25)/t16-/m0/s1. The summed E-state index contributed by atoms with van der Waals surface area (Å²) in [7, 11) is 0. The molecule has 2 aliphatic heterocycles. The fraction of sp³-hybridized carbons (Fsp3) is 0.333. The fourth-order valence-electron chi connectivity index (χ4n) is 4.24.